The first kappa shape index (κ1) is 18.5. The molecule has 0 unspecified atom stereocenters. The quantitative estimate of drug-likeness (QED) is 0.407. The Bertz CT molecular complexity index is 1430. The molecule has 0 spiro atoms. The standard InChI is InChI=1S/C22H16N6O3/c29-21(19-16-7-8-23-20(16)26-11-25-19)24-10-13-1-4-15(5-2-13)28-12-27-17-9-14(22(30)31)3-6-18(17)28/h1-9,11-12H,10H2,(H,24,29)(H,30,31)(H,23,25,26). The highest BCUT2D eigenvalue weighted by Crippen LogP contribution is 2.20. The first-order valence-corrected chi connectivity index (χ1v) is 9.46. The molecule has 0 atom stereocenters. The first-order chi connectivity index (χ1) is 15.1. The van der Waals surface area contributed by atoms with E-state index in [-0.39, 0.29) is 11.5 Å². The van der Waals surface area contributed by atoms with E-state index in [1.807, 2.05) is 28.8 Å². The lowest BCUT2D eigenvalue weighted by Crippen LogP contribution is -2.24. The van der Waals surface area contributed by atoms with E-state index in [0.717, 1.165) is 16.8 Å². The van der Waals surface area contributed by atoms with Crippen molar-refractivity contribution in [1.82, 2.24) is 29.8 Å². The summed E-state index contributed by atoms with van der Waals surface area (Å²) < 4.78 is 1.88. The fourth-order valence-electron chi connectivity index (χ4n) is 3.45. The summed E-state index contributed by atoms with van der Waals surface area (Å²) in [5.74, 6) is -1.26. The van der Waals surface area contributed by atoms with Gasteiger partial charge in [-0.05, 0) is 42.0 Å². The van der Waals surface area contributed by atoms with Crippen LogP contribution in [-0.4, -0.2) is 41.5 Å². The second kappa shape index (κ2) is 7.38. The van der Waals surface area contributed by atoms with Crippen LogP contribution in [0.1, 0.15) is 26.4 Å². The molecular formula is C22H16N6O3. The Kier molecular flexibility index (Phi) is 4.40. The third-order valence-corrected chi connectivity index (χ3v) is 5.03. The van der Waals surface area contributed by atoms with Gasteiger partial charge in [0.25, 0.3) is 5.91 Å². The van der Waals surface area contributed by atoms with Crippen LogP contribution in [0.4, 0.5) is 0 Å². The highest BCUT2D eigenvalue weighted by atomic mass is 16.4. The molecule has 0 aliphatic carbocycles. The van der Waals surface area contributed by atoms with Gasteiger partial charge in [0.2, 0.25) is 0 Å². The number of imidazole rings is 1. The minimum Gasteiger partial charge on any atom is -0.478 e. The van der Waals surface area contributed by atoms with Crippen molar-refractivity contribution in [1.29, 1.82) is 0 Å². The summed E-state index contributed by atoms with van der Waals surface area (Å²) in [5, 5.41) is 12.7. The van der Waals surface area contributed by atoms with Crippen molar-refractivity contribution in [3.05, 3.63) is 84.2 Å². The third-order valence-electron chi connectivity index (χ3n) is 5.03. The molecular weight excluding hydrogens is 396 g/mol. The number of amides is 1. The maximum absolute atomic E-state index is 12.5. The van der Waals surface area contributed by atoms with Gasteiger partial charge < -0.3 is 15.4 Å². The lowest BCUT2D eigenvalue weighted by Gasteiger charge is -2.08. The van der Waals surface area contributed by atoms with E-state index in [0.29, 0.717) is 28.8 Å². The van der Waals surface area contributed by atoms with E-state index in [4.69, 9.17) is 5.11 Å². The van der Waals surface area contributed by atoms with Crippen molar-refractivity contribution in [3.8, 4) is 5.69 Å². The van der Waals surface area contributed by atoms with Gasteiger partial charge in [0, 0.05) is 18.4 Å². The molecule has 0 aliphatic heterocycles. The van der Waals surface area contributed by atoms with Gasteiger partial charge in [-0.25, -0.2) is 19.7 Å². The number of nitrogens with one attached hydrogen (secondary N) is 2. The summed E-state index contributed by atoms with van der Waals surface area (Å²) in [7, 11) is 0. The number of fused-ring (bicyclic) bond motifs is 2. The van der Waals surface area contributed by atoms with Crippen molar-refractivity contribution in [2.45, 2.75) is 6.54 Å². The van der Waals surface area contributed by atoms with Crippen LogP contribution in [0.5, 0.6) is 0 Å². The maximum Gasteiger partial charge on any atom is 0.335 e. The van der Waals surface area contributed by atoms with Crippen LogP contribution in [0, 0.1) is 0 Å². The van der Waals surface area contributed by atoms with Crippen LogP contribution in [-0.2, 0) is 6.54 Å². The molecule has 9 nitrogen and oxygen atoms in total. The zero-order valence-corrected chi connectivity index (χ0v) is 16.1. The Hall–Kier alpha value is -4.53. The number of aromatic amines is 1. The molecule has 1 amide bonds. The molecule has 9 heteroatoms. The van der Waals surface area contributed by atoms with Gasteiger partial charge in [0.15, 0.2) is 0 Å². The monoisotopic (exact) mass is 412 g/mol. The molecule has 5 rings (SSSR count). The highest BCUT2D eigenvalue weighted by Gasteiger charge is 2.13. The number of nitrogens with zero attached hydrogens (tertiary/aromatic N) is 4. The van der Waals surface area contributed by atoms with Crippen LogP contribution < -0.4 is 5.32 Å². The first-order valence-electron chi connectivity index (χ1n) is 9.46. The largest absolute Gasteiger partial charge is 0.478 e. The van der Waals surface area contributed by atoms with Crippen LogP contribution in [0.3, 0.4) is 0 Å². The summed E-state index contributed by atoms with van der Waals surface area (Å²) >= 11 is 0. The Morgan fingerprint density at radius 2 is 1.87 bits per heavy atom. The average Bonchev–Trinajstić information content (AvgIpc) is 3.44. The molecule has 31 heavy (non-hydrogen) atoms. The predicted octanol–water partition coefficient (Wildman–Crippen LogP) is 2.93. The Labute approximate surface area is 175 Å². The number of carboxylic acid groups (broad SMARTS) is 1. The fraction of sp³-hybridized carbons (Fsp3) is 0.0455. The Morgan fingerprint density at radius 3 is 2.68 bits per heavy atom. The molecule has 0 saturated carbocycles. The van der Waals surface area contributed by atoms with Gasteiger partial charge in [-0.15, -0.1) is 0 Å². The third kappa shape index (κ3) is 3.38. The molecule has 0 radical (unpaired) electrons. The topological polar surface area (TPSA) is 126 Å². The molecule has 0 aliphatic rings. The number of hydrogen-bond donors (Lipinski definition) is 3. The predicted molar refractivity (Wildman–Crippen MR) is 113 cm³/mol. The smallest absolute Gasteiger partial charge is 0.335 e. The number of carbonyl (C=O) groups is 2. The number of hydrogen-bond acceptors (Lipinski definition) is 5. The second-order valence-corrected chi connectivity index (χ2v) is 6.93. The number of H-pyrrole nitrogens is 1. The van der Waals surface area contributed by atoms with Gasteiger partial charge >= 0.3 is 5.97 Å². The number of benzene rings is 2. The van der Waals surface area contributed by atoms with E-state index >= 15 is 0 Å². The molecule has 0 saturated heterocycles. The lowest BCUT2D eigenvalue weighted by atomic mass is 10.1. The molecule has 3 heterocycles. The number of carbonyl (C=O) groups excluding carboxylic acids is 1. The molecule has 152 valence electrons. The zero-order chi connectivity index (χ0) is 21.4. The van der Waals surface area contributed by atoms with Gasteiger partial charge in [-0.3, -0.25) is 9.36 Å². The summed E-state index contributed by atoms with van der Waals surface area (Å²) in [6.07, 6.45) is 4.73. The van der Waals surface area contributed by atoms with E-state index in [2.05, 4.69) is 25.3 Å². The summed E-state index contributed by atoms with van der Waals surface area (Å²) in [4.78, 5) is 39.1. The van der Waals surface area contributed by atoms with E-state index in [9.17, 15) is 9.59 Å². The SMILES string of the molecule is O=C(O)c1ccc2c(c1)ncn2-c1ccc(CNC(=O)c2ncnc3[nH]ccc23)cc1. The van der Waals surface area contributed by atoms with Crippen molar-refractivity contribution in [2.24, 2.45) is 0 Å². The van der Waals surface area contributed by atoms with Gasteiger partial charge in [-0.1, -0.05) is 12.1 Å². The van der Waals surface area contributed by atoms with Crippen LogP contribution >= 0.6 is 0 Å². The molecule has 3 N–H and O–H groups in total. The van der Waals surface area contributed by atoms with Crippen molar-refractivity contribution in [3.63, 3.8) is 0 Å². The molecule has 0 bridgehead atoms. The van der Waals surface area contributed by atoms with Crippen molar-refractivity contribution < 1.29 is 14.7 Å². The minimum absolute atomic E-state index is 0.199. The number of rotatable bonds is 5. The van der Waals surface area contributed by atoms with E-state index in [1.165, 1.54) is 6.33 Å². The van der Waals surface area contributed by atoms with Crippen molar-refractivity contribution in [2.75, 3.05) is 0 Å². The molecule has 0 fully saturated rings. The van der Waals surface area contributed by atoms with Crippen molar-refractivity contribution >= 4 is 33.9 Å². The van der Waals surface area contributed by atoms with E-state index in [1.54, 1.807) is 36.8 Å². The van der Waals surface area contributed by atoms with Gasteiger partial charge in [-0.2, -0.15) is 0 Å². The highest BCUT2D eigenvalue weighted by molar-refractivity contribution is 6.03. The summed E-state index contributed by atoms with van der Waals surface area (Å²) in [6.45, 7) is 0.349. The van der Waals surface area contributed by atoms with Gasteiger partial charge in [0.1, 0.15) is 24.0 Å². The van der Waals surface area contributed by atoms with Gasteiger partial charge in [0.05, 0.1) is 22.0 Å². The minimum atomic E-state index is -0.984. The second-order valence-electron chi connectivity index (χ2n) is 6.93. The fourth-order valence-corrected chi connectivity index (χ4v) is 3.45. The van der Waals surface area contributed by atoms with Crippen LogP contribution in [0.15, 0.2) is 67.4 Å². The number of carboxylic acids is 1. The normalized spacial score (nSPS) is 11.1. The maximum atomic E-state index is 12.5. The molecule has 2 aromatic carbocycles. The van der Waals surface area contributed by atoms with Crippen LogP contribution in [0.2, 0.25) is 0 Å². The number of aromatic nitrogens is 5. The average molecular weight is 412 g/mol. The molecule has 3 aromatic heterocycles. The molecule has 5 aromatic rings. The Morgan fingerprint density at radius 1 is 1.03 bits per heavy atom. The lowest BCUT2D eigenvalue weighted by molar-refractivity contribution is 0.0696. The summed E-state index contributed by atoms with van der Waals surface area (Å²) in [5.41, 5.74) is 4.37. The Balaban J connectivity index is 1.32. The van der Waals surface area contributed by atoms with E-state index < -0.39 is 5.97 Å². The number of aromatic carboxylic acids is 1. The summed E-state index contributed by atoms with van der Waals surface area (Å²) in [6, 6.07) is 14.3. The zero-order valence-electron chi connectivity index (χ0n) is 16.1. The van der Waals surface area contributed by atoms with Crippen LogP contribution in [0.25, 0.3) is 27.8 Å².